The summed E-state index contributed by atoms with van der Waals surface area (Å²) in [4.78, 5) is 10.2. The molecule has 68 valence electrons. The molecule has 4 heteroatoms. The summed E-state index contributed by atoms with van der Waals surface area (Å²) in [5.41, 5.74) is 0.432. The molecule has 0 heterocycles. The Morgan fingerprint density at radius 2 is 1.77 bits per heavy atom. The number of hydrogen-bond donors (Lipinski definition) is 2. The fourth-order valence-electron chi connectivity index (χ4n) is 0.779. The van der Waals surface area contributed by atoms with Gasteiger partial charge in [-0.1, -0.05) is 12.1 Å². The lowest BCUT2D eigenvalue weighted by atomic mass is 10.2. The summed E-state index contributed by atoms with van der Waals surface area (Å²) in [5.74, 6) is -2.59. The van der Waals surface area contributed by atoms with E-state index in [9.17, 15) is 9.18 Å². The first-order chi connectivity index (χ1) is 6.09. The number of benzene rings is 1. The number of aliphatic hydroxyl groups excluding tert-OH is 1. The molecule has 0 saturated carbocycles. The van der Waals surface area contributed by atoms with Crippen LogP contribution in [0.25, 0.3) is 6.08 Å². The quantitative estimate of drug-likeness (QED) is 0.541. The number of rotatable bonds is 2. The highest BCUT2D eigenvalue weighted by Crippen LogP contribution is 2.06. The van der Waals surface area contributed by atoms with E-state index < -0.39 is 17.5 Å². The Labute approximate surface area is 73.8 Å². The maximum atomic E-state index is 12.4. The van der Waals surface area contributed by atoms with E-state index >= 15 is 0 Å². The van der Waals surface area contributed by atoms with Gasteiger partial charge in [-0.05, 0) is 23.8 Å². The lowest BCUT2D eigenvalue weighted by molar-refractivity contribution is -0.135. The minimum Gasteiger partial charge on any atom is -0.502 e. The van der Waals surface area contributed by atoms with Crippen LogP contribution in [0.5, 0.6) is 0 Å². The van der Waals surface area contributed by atoms with E-state index in [1.807, 2.05) is 0 Å². The molecule has 0 saturated heterocycles. The number of aliphatic hydroxyl groups is 1. The number of carbonyl (C=O) groups is 1. The van der Waals surface area contributed by atoms with E-state index in [4.69, 9.17) is 10.2 Å². The second-order valence-corrected chi connectivity index (χ2v) is 2.39. The monoisotopic (exact) mass is 182 g/mol. The van der Waals surface area contributed by atoms with Gasteiger partial charge in [0.15, 0.2) is 0 Å². The molecule has 0 aliphatic carbocycles. The van der Waals surface area contributed by atoms with Crippen LogP contribution in [0.1, 0.15) is 5.56 Å². The van der Waals surface area contributed by atoms with E-state index in [0.29, 0.717) is 5.56 Å². The van der Waals surface area contributed by atoms with Crippen LogP contribution >= 0.6 is 0 Å². The third kappa shape index (κ3) is 2.59. The Balaban J connectivity index is 2.92. The van der Waals surface area contributed by atoms with E-state index in [2.05, 4.69) is 0 Å². The van der Waals surface area contributed by atoms with E-state index in [1.54, 1.807) is 0 Å². The van der Waals surface area contributed by atoms with Crippen molar-refractivity contribution in [2.45, 2.75) is 0 Å². The predicted molar refractivity (Wildman–Crippen MR) is 44.6 cm³/mol. The molecule has 1 rings (SSSR count). The van der Waals surface area contributed by atoms with Crippen LogP contribution in [0.15, 0.2) is 30.0 Å². The molecule has 0 bridgehead atoms. The Kier molecular flexibility index (Phi) is 2.64. The highest BCUT2D eigenvalue weighted by molar-refractivity contribution is 5.89. The molecule has 1 aromatic rings. The van der Waals surface area contributed by atoms with Crippen molar-refractivity contribution >= 4 is 12.0 Å². The summed E-state index contributed by atoms with van der Waals surface area (Å²) in [6.07, 6.45) is 1.04. The lowest BCUT2D eigenvalue weighted by Gasteiger charge is -1.94. The van der Waals surface area contributed by atoms with Gasteiger partial charge in [0.2, 0.25) is 5.76 Å². The SMILES string of the molecule is O=C(O)/C(O)=C/c1ccc(F)cc1. The summed E-state index contributed by atoms with van der Waals surface area (Å²) in [6, 6.07) is 5.10. The molecule has 0 aliphatic heterocycles. The maximum Gasteiger partial charge on any atom is 0.370 e. The fraction of sp³-hybridized carbons (Fsp3) is 0. The van der Waals surface area contributed by atoms with Gasteiger partial charge >= 0.3 is 5.97 Å². The van der Waals surface area contributed by atoms with Crippen molar-refractivity contribution in [3.8, 4) is 0 Å². The molecule has 0 atom stereocenters. The molecule has 0 aliphatic rings. The van der Waals surface area contributed by atoms with E-state index in [-0.39, 0.29) is 0 Å². The third-order valence-corrected chi connectivity index (χ3v) is 1.39. The Morgan fingerprint density at radius 1 is 1.23 bits per heavy atom. The zero-order chi connectivity index (χ0) is 9.84. The third-order valence-electron chi connectivity index (χ3n) is 1.39. The number of carboxylic acids is 1. The molecular weight excluding hydrogens is 175 g/mol. The van der Waals surface area contributed by atoms with Gasteiger partial charge < -0.3 is 10.2 Å². The first kappa shape index (κ1) is 9.25. The second kappa shape index (κ2) is 3.71. The van der Waals surface area contributed by atoms with Crippen molar-refractivity contribution in [1.29, 1.82) is 0 Å². The first-order valence-corrected chi connectivity index (χ1v) is 3.49. The number of carboxylic acid groups (broad SMARTS) is 1. The van der Waals surface area contributed by atoms with Gasteiger partial charge in [-0.2, -0.15) is 0 Å². The summed E-state index contributed by atoms with van der Waals surface area (Å²) in [5, 5.41) is 17.1. The molecule has 0 spiro atoms. The van der Waals surface area contributed by atoms with Crippen LogP contribution in [-0.2, 0) is 4.79 Å². The zero-order valence-corrected chi connectivity index (χ0v) is 6.57. The minimum atomic E-state index is -1.41. The van der Waals surface area contributed by atoms with Gasteiger partial charge in [-0.25, -0.2) is 9.18 Å². The van der Waals surface area contributed by atoms with Crippen LogP contribution in [0.2, 0.25) is 0 Å². The Hall–Kier alpha value is -1.84. The highest BCUT2D eigenvalue weighted by atomic mass is 19.1. The van der Waals surface area contributed by atoms with Crippen molar-refractivity contribution in [2.75, 3.05) is 0 Å². The van der Waals surface area contributed by atoms with Gasteiger partial charge in [0.25, 0.3) is 0 Å². The van der Waals surface area contributed by atoms with Crippen molar-refractivity contribution in [3.63, 3.8) is 0 Å². The van der Waals surface area contributed by atoms with E-state index in [0.717, 1.165) is 6.08 Å². The average Bonchev–Trinajstić information content (AvgIpc) is 2.08. The number of halogens is 1. The standard InChI is InChI=1S/C9H7FO3/c10-7-3-1-6(2-4-7)5-8(11)9(12)13/h1-5,11H,(H,12,13)/b8-5-. The Morgan fingerprint density at radius 3 is 2.23 bits per heavy atom. The second-order valence-electron chi connectivity index (χ2n) is 2.39. The molecule has 13 heavy (non-hydrogen) atoms. The summed E-state index contributed by atoms with van der Waals surface area (Å²) < 4.78 is 12.4. The fourth-order valence-corrected chi connectivity index (χ4v) is 0.779. The number of aliphatic carboxylic acids is 1. The molecule has 0 fully saturated rings. The summed E-state index contributed by atoms with van der Waals surface area (Å²) >= 11 is 0. The molecule has 0 amide bonds. The predicted octanol–water partition coefficient (Wildman–Crippen LogP) is 1.81. The van der Waals surface area contributed by atoms with Crippen LogP contribution < -0.4 is 0 Å². The summed E-state index contributed by atoms with van der Waals surface area (Å²) in [6.45, 7) is 0. The lowest BCUT2D eigenvalue weighted by Crippen LogP contribution is -1.98. The molecule has 0 radical (unpaired) electrons. The Bertz CT molecular complexity index is 340. The minimum absolute atomic E-state index is 0.410. The van der Waals surface area contributed by atoms with Gasteiger partial charge in [0, 0.05) is 0 Å². The molecule has 0 aromatic heterocycles. The average molecular weight is 182 g/mol. The maximum absolute atomic E-state index is 12.4. The molecule has 3 nitrogen and oxygen atoms in total. The van der Waals surface area contributed by atoms with Crippen molar-refractivity contribution in [3.05, 3.63) is 41.4 Å². The van der Waals surface area contributed by atoms with Crippen LogP contribution in [-0.4, -0.2) is 16.2 Å². The van der Waals surface area contributed by atoms with Crippen molar-refractivity contribution < 1.29 is 19.4 Å². The van der Waals surface area contributed by atoms with Crippen LogP contribution in [0.4, 0.5) is 4.39 Å². The van der Waals surface area contributed by atoms with E-state index in [1.165, 1.54) is 24.3 Å². The van der Waals surface area contributed by atoms with Crippen molar-refractivity contribution in [1.82, 2.24) is 0 Å². The first-order valence-electron chi connectivity index (χ1n) is 3.49. The normalized spacial score (nSPS) is 11.3. The molecule has 0 unspecified atom stereocenters. The topological polar surface area (TPSA) is 57.5 Å². The highest BCUT2D eigenvalue weighted by Gasteiger charge is 2.02. The zero-order valence-electron chi connectivity index (χ0n) is 6.57. The largest absolute Gasteiger partial charge is 0.502 e. The molecule has 2 N–H and O–H groups in total. The van der Waals surface area contributed by atoms with Crippen LogP contribution in [0.3, 0.4) is 0 Å². The number of hydrogen-bond acceptors (Lipinski definition) is 2. The van der Waals surface area contributed by atoms with Gasteiger partial charge in [-0.15, -0.1) is 0 Å². The van der Waals surface area contributed by atoms with Crippen molar-refractivity contribution in [2.24, 2.45) is 0 Å². The summed E-state index contributed by atoms with van der Waals surface area (Å²) in [7, 11) is 0. The molecular formula is C9H7FO3. The van der Waals surface area contributed by atoms with Gasteiger partial charge in [-0.3, -0.25) is 0 Å². The van der Waals surface area contributed by atoms with Crippen LogP contribution in [0, 0.1) is 5.82 Å². The van der Waals surface area contributed by atoms with Gasteiger partial charge in [0.1, 0.15) is 5.82 Å². The van der Waals surface area contributed by atoms with Gasteiger partial charge in [0.05, 0.1) is 0 Å². The molecule has 1 aromatic carbocycles. The smallest absolute Gasteiger partial charge is 0.370 e.